The topological polar surface area (TPSA) is 80.2 Å². The first kappa shape index (κ1) is 25.8. The summed E-state index contributed by atoms with van der Waals surface area (Å²) in [5, 5.41) is 2.66. The zero-order valence-corrected chi connectivity index (χ0v) is 20.2. The van der Waals surface area contributed by atoms with Crippen molar-refractivity contribution in [2.75, 3.05) is 23.1 Å². The highest BCUT2D eigenvalue weighted by molar-refractivity contribution is 8.14. The van der Waals surface area contributed by atoms with E-state index >= 15 is 0 Å². The molecule has 2 amide bonds. The fraction of sp³-hybridized carbons (Fsp3) is 0.115. The Labute approximate surface area is 214 Å². The smallest absolute Gasteiger partial charge is 0.496 e. The molecule has 0 saturated heterocycles. The van der Waals surface area contributed by atoms with E-state index in [1.807, 2.05) is 0 Å². The molecule has 37 heavy (non-hydrogen) atoms. The van der Waals surface area contributed by atoms with Crippen LogP contribution in [0.4, 0.5) is 24.5 Å². The van der Waals surface area contributed by atoms with Crippen LogP contribution < -0.4 is 19.7 Å². The average Bonchev–Trinajstić information content (AvgIpc) is 3.18. The number of amides is 2. The van der Waals surface area contributed by atoms with Gasteiger partial charge in [-0.15, -0.1) is 13.2 Å². The van der Waals surface area contributed by atoms with Crippen LogP contribution in [0.5, 0.6) is 11.5 Å². The number of aliphatic imine (C=N–C) groups is 1. The zero-order chi connectivity index (χ0) is 26.4. The number of rotatable bonds is 7. The Morgan fingerprint density at radius 3 is 2.35 bits per heavy atom. The van der Waals surface area contributed by atoms with Crippen LogP contribution in [0.3, 0.4) is 0 Å². The van der Waals surface area contributed by atoms with Crippen molar-refractivity contribution < 1.29 is 32.2 Å². The van der Waals surface area contributed by atoms with Crippen molar-refractivity contribution >= 4 is 46.2 Å². The van der Waals surface area contributed by atoms with E-state index in [-0.39, 0.29) is 22.3 Å². The predicted molar refractivity (Wildman–Crippen MR) is 137 cm³/mol. The maximum Gasteiger partial charge on any atom is 0.573 e. The number of halogens is 3. The summed E-state index contributed by atoms with van der Waals surface area (Å²) in [7, 11) is 1.52. The molecule has 0 aromatic heterocycles. The molecule has 0 atom stereocenters. The highest BCUT2D eigenvalue weighted by Crippen LogP contribution is 2.32. The summed E-state index contributed by atoms with van der Waals surface area (Å²) < 4.78 is 47.4. The number of carbonyl (C=O) groups is 2. The van der Waals surface area contributed by atoms with Gasteiger partial charge < -0.3 is 14.8 Å². The van der Waals surface area contributed by atoms with Crippen LogP contribution in [0.2, 0.25) is 0 Å². The van der Waals surface area contributed by atoms with Crippen molar-refractivity contribution in [2.24, 2.45) is 4.99 Å². The molecule has 3 aromatic carbocycles. The Morgan fingerprint density at radius 1 is 1.00 bits per heavy atom. The lowest BCUT2D eigenvalue weighted by molar-refractivity contribution is -0.274. The monoisotopic (exact) mass is 527 g/mol. The molecule has 0 spiro atoms. The number of para-hydroxylation sites is 4. The molecule has 4 rings (SSSR count). The van der Waals surface area contributed by atoms with Crippen LogP contribution in [-0.2, 0) is 9.59 Å². The van der Waals surface area contributed by atoms with Gasteiger partial charge in [0, 0.05) is 5.56 Å². The van der Waals surface area contributed by atoms with Crippen LogP contribution in [0, 0.1) is 0 Å². The van der Waals surface area contributed by atoms with Crippen molar-refractivity contribution in [1.82, 2.24) is 0 Å². The van der Waals surface area contributed by atoms with Crippen LogP contribution in [0.1, 0.15) is 5.56 Å². The Balaban J connectivity index is 1.56. The Bertz CT molecular complexity index is 1360. The minimum atomic E-state index is -4.91. The molecular formula is C26H20F3N3O4S. The van der Waals surface area contributed by atoms with Gasteiger partial charge in [0.25, 0.3) is 5.91 Å². The molecule has 0 fully saturated rings. The molecule has 0 radical (unpaired) electrons. The molecule has 0 aliphatic carbocycles. The minimum absolute atomic E-state index is 0.133. The number of benzene rings is 3. The van der Waals surface area contributed by atoms with Gasteiger partial charge in [-0.25, -0.2) is 4.99 Å². The Morgan fingerprint density at radius 2 is 1.65 bits per heavy atom. The van der Waals surface area contributed by atoms with Crippen LogP contribution in [-0.4, -0.2) is 36.2 Å². The van der Waals surface area contributed by atoms with Gasteiger partial charge in [0.05, 0.1) is 24.2 Å². The van der Waals surface area contributed by atoms with E-state index in [1.165, 1.54) is 30.2 Å². The van der Waals surface area contributed by atoms with E-state index in [4.69, 9.17) is 4.74 Å². The highest BCUT2D eigenvalue weighted by Gasteiger charge is 2.34. The van der Waals surface area contributed by atoms with E-state index in [2.05, 4.69) is 15.0 Å². The van der Waals surface area contributed by atoms with E-state index in [0.29, 0.717) is 17.0 Å². The number of alkyl halides is 3. The molecule has 1 N–H and O–H groups in total. The lowest BCUT2D eigenvalue weighted by atomic mass is 10.1. The zero-order valence-electron chi connectivity index (χ0n) is 19.4. The standard InChI is InChI=1S/C26H20F3N3O4S/c1-35-21-13-7-5-9-17(21)15-20-24(34)32(18-10-3-2-4-11-18)25(31-20)37-16-23(33)30-19-12-6-8-14-22(19)36-26(27,28)29/h2-15H,16H2,1H3,(H,30,33). The maximum absolute atomic E-state index is 13.3. The first-order valence-electron chi connectivity index (χ1n) is 10.9. The number of methoxy groups -OCH3 is 1. The number of hydrogen-bond acceptors (Lipinski definition) is 6. The van der Waals surface area contributed by atoms with Crippen molar-refractivity contribution in [2.45, 2.75) is 6.36 Å². The molecular weight excluding hydrogens is 507 g/mol. The van der Waals surface area contributed by atoms with Crippen molar-refractivity contribution in [3.63, 3.8) is 0 Å². The van der Waals surface area contributed by atoms with Crippen LogP contribution in [0.25, 0.3) is 6.08 Å². The number of thioether (sulfide) groups is 1. The largest absolute Gasteiger partial charge is 0.573 e. The summed E-state index contributed by atoms with van der Waals surface area (Å²) in [6, 6.07) is 21.1. The average molecular weight is 528 g/mol. The fourth-order valence-corrected chi connectivity index (χ4v) is 4.24. The second-order valence-electron chi connectivity index (χ2n) is 7.52. The molecule has 1 aliphatic heterocycles. The second kappa shape index (κ2) is 11.2. The summed E-state index contributed by atoms with van der Waals surface area (Å²) in [5.74, 6) is -1.20. The van der Waals surface area contributed by atoms with E-state index in [1.54, 1.807) is 60.7 Å². The number of amidine groups is 1. The van der Waals surface area contributed by atoms with Gasteiger partial charge in [-0.2, -0.15) is 0 Å². The van der Waals surface area contributed by atoms with Crippen molar-refractivity contribution in [3.8, 4) is 11.5 Å². The summed E-state index contributed by atoms with van der Waals surface area (Å²) in [5.41, 5.74) is 1.20. The van der Waals surface area contributed by atoms with Gasteiger partial charge >= 0.3 is 6.36 Å². The first-order chi connectivity index (χ1) is 17.7. The quantitative estimate of drug-likeness (QED) is 0.398. The van der Waals surface area contributed by atoms with Crippen molar-refractivity contribution in [1.29, 1.82) is 0 Å². The van der Waals surface area contributed by atoms with Crippen molar-refractivity contribution in [3.05, 3.63) is 90.1 Å². The molecule has 0 saturated carbocycles. The normalized spacial score (nSPS) is 14.5. The molecule has 7 nitrogen and oxygen atoms in total. The Hall–Kier alpha value is -4.25. The predicted octanol–water partition coefficient (Wildman–Crippen LogP) is 5.71. The lowest BCUT2D eigenvalue weighted by Gasteiger charge is -2.18. The number of ether oxygens (including phenoxy) is 2. The van der Waals surface area contributed by atoms with Gasteiger partial charge in [-0.05, 0) is 36.4 Å². The van der Waals surface area contributed by atoms with Crippen LogP contribution in [0.15, 0.2) is 89.6 Å². The second-order valence-corrected chi connectivity index (χ2v) is 8.47. The van der Waals surface area contributed by atoms with E-state index in [9.17, 15) is 22.8 Å². The summed E-state index contributed by atoms with van der Waals surface area (Å²) in [6.07, 6.45) is -3.32. The molecule has 11 heteroatoms. The fourth-order valence-electron chi connectivity index (χ4n) is 3.43. The van der Waals surface area contributed by atoms with Gasteiger partial charge in [-0.3, -0.25) is 14.5 Å². The number of hydrogen-bond donors (Lipinski definition) is 1. The van der Waals surface area contributed by atoms with Gasteiger partial charge in [0.1, 0.15) is 11.4 Å². The van der Waals surface area contributed by atoms with Gasteiger partial charge in [-0.1, -0.05) is 60.3 Å². The third-order valence-electron chi connectivity index (χ3n) is 4.99. The SMILES string of the molecule is COc1ccccc1C=C1N=C(SCC(=O)Nc2ccccc2OC(F)(F)F)N(c2ccccc2)C1=O. The summed E-state index contributed by atoms with van der Waals surface area (Å²) in [6.45, 7) is 0. The summed E-state index contributed by atoms with van der Waals surface area (Å²) >= 11 is 0.969. The third-order valence-corrected chi connectivity index (χ3v) is 5.93. The molecule has 0 bridgehead atoms. The molecule has 190 valence electrons. The maximum atomic E-state index is 13.3. The molecule has 0 unspecified atom stereocenters. The first-order valence-corrected chi connectivity index (χ1v) is 11.8. The molecule has 3 aromatic rings. The Kier molecular flexibility index (Phi) is 7.83. The van der Waals surface area contributed by atoms with E-state index < -0.39 is 23.9 Å². The number of anilines is 2. The summed E-state index contributed by atoms with van der Waals surface area (Å²) in [4.78, 5) is 31.7. The number of carbonyl (C=O) groups excluding carboxylic acids is 2. The number of nitrogens with zero attached hydrogens (tertiary/aromatic N) is 2. The number of nitrogens with one attached hydrogen (secondary N) is 1. The molecule has 1 heterocycles. The molecule has 1 aliphatic rings. The highest BCUT2D eigenvalue weighted by atomic mass is 32.2. The van der Waals surface area contributed by atoms with Gasteiger partial charge in [0.2, 0.25) is 5.91 Å². The van der Waals surface area contributed by atoms with Gasteiger partial charge in [0.15, 0.2) is 10.9 Å². The third kappa shape index (κ3) is 6.50. The lowest BCUT2D eigenvalue weighted by Crippen LogP contribution is -2.31. The van der Waals surface area contributed by atoms with Crippen LogP contribution >= 0.6 is 11.8 Å². The van der Waals surface area contributed by atoms with E-state index in [0.717, 1.165) is 17.8 Å². The minimum Gasteiger partial charge on any atom is -0.496 e.